The Morgan fingerprint density at radius 2 is 1.72 bits per heavy atom. The summed E-state index contributed by atoms with van der Waals surface area (Å²) in [5.74, 6) is -1.94. The standard InChI is InChI=1S/C18H11ClF5N5/c1-7-16-27-17(25)28-29(16)11-6-5-8(18(22,23)24)14(19)13(11)15(26-7)12-9(20)3-2-4-10(12)21/h2-7H,1H3,(H2,25,28). The SMILES string of the molecule is CC1N=C(c2c(F)cccc2F)c2c(ccc(C(F)(F)F)c2Cl)-n2nc(N)nc21. The number of nitrogen functional groups attached to an aromatic ring is 1. The monoisotopic (exact) mass is 427 g/mol. The van der Waals surface area contributed by atoms with Crippen LogP contribution in [0, 0.1) is 11.6 Å². The molecule has 2 N–H and O–H groups in total. The van der Waals surface area contributed by atoms with Crippen LogP contribution >= 0.6 is 11.6 Å². The van der Waals surface area contributed by atoms with Gasteiger partial charge >= 0.3 is 6.18 Å². The van der Waals surface area contributed by atoms with E-state index < -0.39 is 40.0 Å². The lowest BCUT2D eigenvalue weighted by Gasteiger charge is -2.17. The first-order chi connectivity index (χ1) is 13.6. The Morgan fingerprint density at radius 3 is 2.34 bits per heavy atom. The summed E-state index contributed by atoms with van der Waals surface area (Å²) >= 11 is 6.12. The summed E-state index contributed by atoms with van der Waals surface area (Å²) in [6.45, 7) is 1.54. The number of fused-ring (bicyclic) bond motifs is 3. The van der Waals surface area contributed by atoms with Crippen molar-refractivity contribution in [2.24, 2.45) is 4.99 Å². The highest BCUT2D eigenvalue weighted by Gasteiger charge is 2.38. The lowest BCUT2D eigenvalue weighted by molar-refractivity contribution is -0.137. The van der Waals surface area contributed by atoms with E-state index in [2.05, 4.69) is 15.1 Å². The van der Waals surface area contributed by atoms with Crippen LogP contribution in [0.1, 0.15) is 35.5 Å². The van der Waals surface area contributed by atoms with Crippen LogP contribution in [-0.2, 0) is 6.18 Å². The van der Waals surface area contributed by atoms with Gasteiger partial charge in [-0.2, -0.15) is 18.2 Å². The lowest BCUT2D eigenvalue weighted by atomic mass is 9.97. The molecule has 0 spiro atoms. The number of nitrogens with zero attached hydrogens (tertiary/aromatic N) is 4. The third-order valence-corrected chi connectivity index (χ3v) is 4.83. The summed E-state index contributed by atoms with van der Waals surface area (Å²) in [4.78, 5) is 8.29. The summed E-state index contributed by atoms with van der Waals surface area (Å²) in [6, 6.07) is 4.12. The number of rotatable bonds is 1. The van der Waals surface area contributed by atoms with Gasteiger partial charge in [0.05, 0.1) is 27.5 Å². The second-order valence-electron chi connectivity index (χ2n) is 6.31. The Bertz CT molecular complexity index is 1150. The maximum Gasteiger partial charge on any atom is 0.417 e. The van der Waals surface area contributed by atoms with Gasteiger partial charge in [-0.3, -0.25) is 4.99 Å². The minimum atomic E-state index is -4.80. The second kappa shape index (κ2) is 6.51. The number of nitrogens with two attached hydrogens (primary N) is 1. The normalized spacial score (nSPS) is 16.1. The van der Waals surface area contributed by atoms with E-state index in [4.69, 9.17) is 17.3 Å². The number of hydrogen-bond donors (Lipinski definition) is 1. The first kappa shape index (κ1) is 19.3. The van der Waals surface area contributed by atoms with Crippen molar-refractivity contribution in [2.45, 2.75) is 19.1 Å². The molecule has 2 aromatic carbocycles. The molecule has 0 bridgehead atoms. The van der Waals surface area contributed by atoms with Gasteiger partial charge in [0.2, 0.25) is 5.95 Å². The summed E-state index contributed by atoms with van der Waals surface area (Å²) in [7, 11) is 0. The van der Waals surface area contributed by atoms with E-state index in [1.54, 1.807) is 6.92 Å². The van der Waals surface area contributed by atoms with Crippen LogP contribution in [0.3, 0.4) is 0 Å². The predicted octanol–water partition coefficient (Wildman–Crippen LogP) is 4.71. The van der Waals surface area contributed by atoms with Gasteiger partial charge in [0.15, 0.2) is 5.82 Å². The Balaban J connectivity index is 2.14. The molecule has 0 saturated heterocycles. The smallest absolute Gasteiger partial charge is 0.366 e. The molecule has 1 aliphatic heterocycles. The van der Waals surface area contributed by atoms with Crippen LogP contribution in [0.15, 0.2) is 35.3 Å². The van der Waals surface area contributed by atoms with E-state index in [1.807, 2.05) is 0 Å². The summed E-state index contributed by atoms with van der Waals surface area (Å²) in [5.41, 5.74) is 3.20. The molecule has 4 rings (SSSR count). The fourth-order valence-corrected chi connectivity index (χ4v) is 3.56. The molecule has 150 valence electrons. The van der Waals surface area contributed by atoms with Crippen molar-refractivity contribution in [3.05, 3.63) is 69.5 Å². The van der Waals surface area contributed by atoms with Gasteiger partial charge in [0.25, 0.3) is 0 Å². The van der Waals surface area contributed by atoms with E-state index in [9.17, 15) is 22.0 Å². The van der Waals surface area contributed by atoms with Crippen molar-refractivity contribution in [3.8, 4) is 5.69 Å². The number of aliphatic imine (C=N–C) groups is 1. The van der Waals surface area contributed by atoms with Crippen LogP contribution in [-0.4, -0.2) is 20.5 Å². The van der Waals surface area contributed by atoms with Crippen molar-refractivity contribution in [1.82, 2.24) is 14.8 Å². The number of halogens is 6. The quantitative estimate of drug-likeness (QED) is 0.572. The molecule has 2 heterocycles. The Hall–Kier alpha value is -3.01. The minimum absolute atomic E-state index is 0.0213. The Morgan fingerprint density at radius 1 is 1.07 bits per heavy atom. The fourth-order valence-electron chi connectivity index (χ4n) is 3.20. The zero-order valence-corrected chi connectivity index (χ0v) is 15.4. The second-order valence-corrected chi connectivity index (χ2v) is 6.69. The van der Waals surface area contributed by atoms with Crippen molar-refractivity contribution in [2.75, 3.05) is 5.73 Å². The van der Waals surface area contributed by atoms with Gasteiger partial charge in [0.1, 0.15) is 17.7 Å². The lowest BCUT2D eigenvalue weighted by Crippen LogP contribution is -2.16. The van der Waals surface area contributed by atoms with Crippen LogP contribution in [0.2, 0.25) is 5.02 Å². The summed E-state index contributed by atoms with van der Waals surface area (Å²) in [5, 5.41) is 3.23. The van der Waals surface area contributed by atoms with Gasteiger partial charge < -0.3 is 5.73 Å². The van der Waals surface area contributed by atoms with E-state index in [0.29, 0.717) is 0 Å². The van der Waals surface area contributed by atoms with Crippen LogP contribution in [0.5, 0.6) is 0 Å². The van der Waals surface area contributed by atoms with Crippen molar-refractivity contribution >= 4 is 23.3 Å². The fraction of sp³-hybridized carbons (Fsp3) is 0.167. The molecular weight excluding hydrogens is 417 g/mol. The number of alkyl halides is 3. The highest BCUT2D eigenvalue weighted by molar-refractivity contribution is 6.37. The largest absolute Gasteiger partial charge is 0.417 e. The molecule has 11 heteroatoms. The molecule has 0 radical (unpaired) electrons. The van der Waals surface area contributed by atoms with Gasteiger partial charge in [-0.15, -0.1) is 5.10 Å². The minimum Gasteiger partial charge on any atom is -0.366 e. The molecule has 3 aromatic rings. The molecule has 1 aliphatic rings. The summed E-state index contributed by atoms with van der Waals surface area (Å²) in [6.07, 6.45) is -4.80. The molecule has 1 unspecified atom stereocenters. The molecule has 0 aliphatic carbocycles. The zero-order chi connectivity index (χ0) is 21.1. The Kier molecular flexibility index (Phi) is 4.34. The maximum absolute atomic E-state index is 14.5. The number of benzene rings is 2. The maximum atomic E-state index is 14.5. The molecule has 1 aromatic heterocycles. The Labute approximate surface area is 165 Å². The van der Waals surface area contributed by atoms with Crippen LogP contribution in [0.25, 0.3) is 5.69 Å². The third-order valence-electron chi connectivity index (χ3n) is 4.43. The highest BCUT2D eigenvalue weighted by Crippen LogP contribution is 2.41. The van der Waals surface area contributed by atoms with Crippen molar-refractivity contribution in [3.63, 3.8) is 0 Å². The van der Waals surface area contributed by atoms with Crippen molar-refractivity contribution < 1.29 is 22.0 Å². The van der Waals surface area contributed by atoms with E-state index in [-0.39, 0.29) is 28.7 Å². The number of anilines is 1. The molecule has 29 heavy (non-hydrogen) atoms. The average molecular weight is 428 g/mol. The first-order valence-corrected chi connectivity index (χ1v) is 8.62. The van der Waals surface area contributed by atoms with Gasteiger partial charge in [-0.05, 0) is 31.2 Å². The molecule has 5 nitrogen and oxygen atoms in total. The van der Waals surface area contributed by atoms with E-state index in [1.165, 1.54) is 4.68 Å². The molecule has 1 atom stereocenters. The van der Waals surface area contributed by atoms with Crippen molar-refractivity contribution in [1.29, 1.82) is 0 Å². The zero-order valence-electron chi connectivity index (χ0n) is 14.6. The van der Waals surface area contributed by atoms with Crippen LogP contribution < -0.4 is 5.73 Å². The number of aromatic nitrogens is 3. The third kappa shape index (κ3) is 3.03. The van der Waals surface area contributed by atoms with Gasteiger partial charge in [-0.25, -0.2) is 13.5 Å². The molecule has 0 amide bonds. The van der Waals surface area contributed by atoms with Gasteiger partial charge in [0, 0.05) is 5.56 Å². The van der Waals surface area contributed by atoms with E-state index in [0.717, 1.165) is 30.3 Å². The predicted molar refractivity (Wildman–Crippen MR) is 96.2 cm³/mol. The molecular formula is C18H11ClF5N5. The molecule has 0 saturated carbocycles. The highest BCUT2D eigenvalue weighted by atomic mass is 35.5. The first-order valence-electron chi connectivity index (χ1n) is 8.24. The van der Waals surface area contributed by atoms with Crippen LogP contribution in [0.4, 0.5) is 27.9 Å². The number of hydrogen-bond acceptors (Lipinski definition) is 4. The molecule has 0 fully saturated rings. The average Bonchev–Trinajstić information content (AvgIpc) is 2.96. The summed E-state index contributed by atoms with van der Waals surface area (Å²) < 4.78 is 70.6. The topological polar surface area (TPSA) is 69.1 Å². The van der Waals surface area contributed by atoms with E-state index >= 15 is 0 Å². The van der Waals surface area contributed by atoms with Gasteiger partial charge in [-0.1, -0.05) is 17.7 Å².